The Morgan fingerprint density at radius 3 is 2.50 bits per heavy atom. The molecule has 0 aromatic heterocycles. The van der Waals surface area contributed by atoms with Gasteiger partial charge in [-0.3, -0.25) is 0 Å². The van der Waals surface area contributed by atoms with E-state index in [1.165, 1.54) is 19.3 Å². The molecule has 0 radical (unpaired) electrons. The van der Waals surface area contributed by atoms with Crippen molar-refractivity contribution in [2.24, 2.45) is 23.7 Å². The van der Waals surface area contributed by atoms with Gasteiger partial charge >= 0.3 is 6.18 Å². The highest BCUT2D eigenvalue weighted by atomic mass is 19.4. The molecule has 2 bridgehead atoms. The molecule has 7 heteroatoms. The zero-order valence-electron chi connectivity index (χ0n) is 15.9. The molecular formula is C21H24F3O4-. The maximum Gasteiger partial charge on any atom is 0.419 e. The highest BCUT2D eigenvalue weighted by Crippen LogP contribution is 2.59. The first-order chi connectivity index (χ1) is 13.0. The van der Waals surface area contributed by atoms with Crippen molar-refractivity contribution in [1.82, 2.24) is 0 Å². The predicted molar refractivity (Wildman–Crippen MR) is 92.4 cm³/mol. The number of hydrogen-bond donors (Lipinski definition) is 0. The molecule has 3 saturated carbocycles. The lowest BCUT2D eigenvalue weighted by atomic mass is 9.80. The van der Waals surface area contributed by atoms with Gasteiger partial charge in [-0.15, -0.1) is 0 Å². The van der Waals surface area contributed by atoms with E-state index in [4.69, 9.17) is 9.47 Å². The van der Waals surface area contributed by atoms with Crippen LogP contribution in [-0.4, -0.2) is 17.9 Å². The fraction of sp³-hybridized carbons (Fsp3) is 0.667. The number of aromatic carboxylic acids is 1. The largest absolute Gasteiger partial charge is 0.545 e. The second-order valence-corrected chi connectivity index (χ2v) is 8.81. The summed E-state index contributed by atoms with van der Waals surface area (Å²) in [5.41, 5.74) is -1.40. The summed E-state index contributed by atoms with van der Waals surface area (Å²) in [5.74, 6) is -0.897. The van der Waals surface area contributed by atoms with Crippen LogP contribution in [-0.2, 0) is 10.9 Å². The van der Waals surface area contributed by atoms with E-state index in [-0.39, 0.29) is 11.7 Å². The van der Waals surface area contributed by atoms with Crippen molar-refractivity contribution >= 4 is 5.97 Å². The summed E-state index contributed by atoms with van der Waals surface area (Å²) in [6, 6.07) is 2.43. The Morgan fingerprint density at radius 1 is 1.11 bits per heavy atom. The molecule has 0 spiro atoms. The number of carboxylic acid groups (broad SMARTS) is 1. The van der Waals surface area contributed by atoms with Crippen molar-refractivity contribution in [1.29, 1.82) is 0 Å². The molecule has 1 aromatic carbocycles. The first kappa shape index (κ1) is 19.6. The molecule has 5 unspecified atom stereocenters. The van der Waals surface area contributed by atoms with Gasteiger partial charge in [-0.25, -0.2) is 0 Å². The van der Waals surface area contributed by atoms with E-state index < -0.39 is 29.2 Å². The summed E-state index contributed by atoms with van der Waals surface area (Å²) in [4.78, 5) is 11.1. The molecule has 0 saturated heterocycles. The molecule has 0 N–H and O–H groups in total. The molecule has 0 amide bonds. The first-order valence-corrected chi connectivity index (χ1v) is 9.84. The SMILES string of the molecule is CC(C)(Oc1cc(C(=O)[O-])ccc1C(F)(F)F)OC1CC2CC1C1CCCC21. The number of carbonyl (C=O) groups excluding carboxylic acids is 1. The van der Waals surface area contributed by atoms with Crippen molar-refractivity contribution < 1.29 is 32.5 Å². The van der Waals surface area contributed by atoms with Gasteiger partial charge in [0.15, 0.2) is 0 Å². The number of ether oxygens (including phenoxy) is 2. The second-order valence-electron chi connectivity index (χ2n) is 8.81. The van der Waals surface area contributed by atoms with Crippen LogP contribution >= 0.6 is 0 Å². The minimum absolute atomic E-state index is 0.0296. The molecule has 28 heavy (non-hydrogen) atoms. The predicted octanol–water partition coefficient (Wildman–Crippen LogP) is 4.03. The lowest BCUT2D eigenvalue weighted by Gasteiger charge is -2.37. The van der Waals surface area contributed by atoms with Gasteiger partial charge in [-0.1, -0.05) is 12.5 Å². The van der Waals surface area contributed by atoms with Crippen LogP contribution in [0.4, 0.5) is 13.2 Å². The van der Waals surface area contributed by atoms with E-state index in [1.807, 2.05) is 0 Å². The van der Waals surface area contributed by atoms with Gasteiger partial charge in [0.1, 0.15) is 5.75 Å². The summed E-state index contributed by atoms with van der Waals surface area (Å²) in [6.07, 6.45) is 1.09. The molecule has 1 aromatic rings. The van der Waals surface area contributed by atoms with E-state index in [1.54, 1.807) is 13.8 Å². The van der Waals surface area contributed by atoms with Gasteiger partial charge < -0.3 is 19.4 Å². The van der Waals surface area contributed by atoms with Gasteiger partial charge in [0.2, 0.25) is 5.79 Å². The Balaban J connectivity index is 1.53. The van der Waals surface area contributed by atoms with Gasteiger partial charge in [0, 0.05) is 19.4 Å². The van der Waals surface area contributed by atoms with Crippen molar-refractivity contribution in [3.05, 3.63) is 29.3 Å². The van der Waals surface area contributed by atoms with Crippen LogP contribution in [0.25, 0.3) is 0 Å². The van der Waals surface area contributed by atoms with E-state index in [2.05, 4.69) is 0 Å². The number of halogens is 3. The number of benzene rings is 1. The Morgan fingerprint density at radius 2 is 1.82 bits per heavy atom. The molecule has 4 nitrogen and oxygen atoms in total. The van der Waals surface area contributed by atoms with Crippen LogP contribution in [0.1, 0.15) is 61.9 Å². The van der Waals surface area contributed by atoms with Gasteiger partial charge in [-0.2, -0.15) is 13.2 Å². The van der Waals surface area contributed by atoms with Gasteiger partial charge in [0.25, 0.3) is 0 Å². The molecule has 4 rings (SSSR count). The molecule has 154 valence electrons. The smallest absolute Gasteiger partial charge is 0.419 e. The summed E-state index contributed by atoms with van der Waals surface area (Å²) >= 11 is 0. The molecular weight excluding hydrogens is 373 g/mol. The van der Waals surface area contributed by atoms with Gasteiger partial charge in [-0.05, 0) is 61.5 Å². The minimum Gasteiger partial charge on any atom is -0.545 e. The summed E-state index contributed by atoms with van der Waals surface area (Å²) in [5, 5.41) is 11.1. The van der Waals surface area contributed by atoms with Crippen LogP contribution in [0.5, 0.6) is 5.75 Å². The van der Waals surface area contributed by atoms with Crippen molar-refractivity contribution in [3.63, 3.8) is 0 Å². The lowest BCUT2D eigenvalue weighted by Crippen LogP contribution is -2.41. The number of rotatable bonds is 5. The Labute approximate surface area is 162 Å². The molecule has 5 atom stereocenters. The number of carboxylic acids is 1. The molecule has 0 heterocycles. The van der Waals surface area contributed by atoms with Crippen molar-refractivity contribution in [3.8, 4) is 5.75 Å². The minimum atomic E-state index is -4.67. The second kappa shape index (κ2) is 6.65. The Hall–Kier alpha value is -1.76. The number of carbonyl (C=O) groups is 1. The van der Waals surface area contributed by atoms with Crippen molar-refractivity contribution in [2.75, 3.05) is 0 Å². The summed E-state index contributed by atoms with van der Waals surface area (Å²) in [6.45, 7) is 3.16. The summed E-state index contributed by atoms with van der Waals surface area (Å²) < 4.78 is 51.8. The third-order valence-electron chi connectivity index (χ3n) is 6.68. The highest BCUT2D eigenvalue weighted by molar-refractivity contribution is 5.86. The number of hydrogen-bond acceptors (Lipinski definition) is 4. The zero-order chi connectivity index (χ0) is 20.3. The monoisotopic (exact) mass is 397 g/mol. The molecule has 0 aliphatic heterocycles. The molecule has 3 fully saturated rings. The molecule has 3 aliphatic carbocycles. The summed E-state index contributed by atoms with van der Waals surface area (Å²) in [7, 11) is 0. The van der Waals surface area contributed by atoms with Crippen LogP contribution in [0.15, 0.2) is 18.2 Å². The maximum absolute atomic E-state index is 13.3. The quantitative estimate of drug-likeness (QED) is 0.704. The van der Waals surface area contributed by atoms with Crippen LogP contribution in [0.2, 0.25) is 0 Å². The average molecular weight is 397 g/mol. The number of fused-ring (bicyclic) bond motifs is 5. The van der Waals surface area contributed by atoms with Gasteiger partial charge in [0.05, 0.1) is 17.6 Å². The molecule has 3 aliphatic rings. The van der Waals surface area contributed by atoms with E-state index in [0.29, 0.717) is 23.8 Å². The maximum atomic E-state index is 13.3. The normalized spacial score (nSPS) is 31.8. The average Bonchev–Trinajstić information content (AvgIpc) is 3.25. The third-order valence-corrected chi connectivity index (χ3v) is 6.68. The topological polar surface area (TPSA) is 58.6 Å². The van der Waals surface area contributed by atoms with E-state index in [0.717, 1.165) is 30.9 Å². The lowest BCUT2D eigenvalue weighted by molar-refractivity contribution is -0.255. The Kier molecular flexibility index (Phi) is 4.64. The van der Waals surface area contributed by atoms with Crippen LogP contribution in [0, 0.1) is 23.7 Å². The van der Waals surface area contributed by atoms with Crippen LogP contribution in [0.3, 0.4) is 0 Å². The number of alkyl halides is 3. The third kappa shape index (κ3) is 3.49. The fourth-order valence-electron chi connectivity index (χ4n) is 5.76. The zero-order valence-corrected chi connectivity index (χ0v) is 15.9. The fourth-order valence-corrected chi connectivity index (χ4v) is 5.76. The van der Waals surface area contributed by atoms with E-state index >= 15 is 0 Å². The van der Waals surface area contributed by atoms with Crippen molar-refractivity contribution in [2.45, 2.75) is 64.0 Å². The first-order valence-electron chi connectivity index (χ1n) is 9.84. The highest BCUT2D eigenvalue weighted by Gasteiger charge is 2.55. The van der Waals surface area contributed by atoms with E-state index in [9.17, 15) is 23.1 Å². The standard InChI is InChI=1S/C21H25F3O4/c1-20(2,27-17-10-12-8-15(17)14-5-3-4-13(12)14)28-18-9-11(19(25)26)6-7-16(18)21(22,23)24/h6-7,9,12-15,17H,3-5,8,10H2,1-2H3,(H,25,26)/p-1. The van der Waals surface area contributed by atoms with Crippen LogP contribution < -0.4 is 9.84 Å². The Bertz CT molecular complexity index is 773.